The second-order valence-corrected chi connectivity index (χ2v) is 14.8. The van der Waals surface area contributed by atoms with Crippen molar-refractivity contribution in [2.75, 3.05) is 4.90 Å². The number of benzene rings is 9. The van der Waals surface area contributed by atoms with Crippen LogP contribution in [0, 0.1) is 0 Å². The first-order valence-corrected chi connectivity index (χ1v) is 19.2. The van der Waals surface area contributed by atoms with Gasteiger partial charge in [-0.1, -0.05) is 170 Å². The van der Waals surface area contributed by atoms with E-state index >= 15 is 0 Å². The van der Waals surface area contributed by atoms with Gasteiger partial charge in [0, 0.05) is 37.1 Å². The van der Waals surface area contributed by atoms with Crippen LogP contribution in [0.5, 0.6) is 0 Å². The molecule has 1 aromatic heterocycles. The van der Waals surface area contributed by atoms with Crippen molar-refractivity contribution in [1.82, 2.24) is 0 Å². The lowest BCUT2D eigenvalue weighted by atomic mass is 9.95. The highest BCUT2D eigenvalue weighted by molar-refractivity contribution is 7.25. The van der Waals surface area contributed by atoms with Crippen molar-refractivity contribution >= 4 is 59.3 Å². The minimum absolute atomic E-state index is 1.10. The number of rotatable bonds is 7. The smallest absolute Gasteiger partial charge is 0.0546 e. The van der Waals surface area contributed by atoms with Gasteiger partial charge in [-0.05, 0) is 92.2 Å². The van der Waals surface area contributed by atoms with Gasteiger partial charge >= 0.3 is 0 Å². The highest BCUT2D eigenvalue weighted by Gasteiger charge is 2.20. The number of fused-ring (bicyclic) bond motifs is 4. The normalized spacial score (nSPS) is 11.3. The Kier molecular flexibility index (Phi) is 8.09. The molecule has 0 aliphatic heterocycles. The zero-order chi connectivity index (χ0) is 35.8. The van der Waals surface area contributed by atoms with Crippen molar-refractivity contribution < 1.29 is 0 Å². The van der Waals surface area contributed by atoms with E-state index in [1.54, 1.807) is 0 Å². The van der Waals surface area contributed by atoms with Crippen LogP contribution in [0.4, 0.5) is 17.1 Å². The minimum atomic E-state index is 1.10. The van der Waals surface area contributed by atoms with Crippen molar-refractivity contribution in [3.63, 3.8) is 0 Å². The fourth-order valence-electron chi connectivity index (χ4n) is 7.70. The summed E-state index contributed by atoms with van der Waals surface area (Å²) in [5, 5.41) is 5.09. The lowest BCUT2D eigenvalue weighted by Gasteiger charge is -2.29. The highest BCUT2D eigenvalue weighted by atomic mass is 32.1. The van der Waals surface area contributed by atoms with Gasteiger partial charge in [0.1, 0.15) is 0 Å². The molecule has 254 valence electrons. The molecule has 0 unspecified atom stereocenters. The Morgan fingerprint density at radius 3 is 1.56 bits per heavy atom. The van der Waals surface area contributed by atoms with E-state index in [1.165, 1.54) is 75.5 Å². The van der Waals surface area contributed by atoms with Crippen LogP contribution in [-0.4, -0.2) is 0 Å². The Morgan fingerprint density at radius 1 is 0.296 bits per heavy atom. The Labute approximate surface area is 319 Å². The molecule has 0 bridgehead atoms. The van der Waals surface area contributed by atoms with Crippen LogP contribution in [-0.2, 0) is 0 Å². The average molecular weight is 706 g/mol. The topological polar surface area (TPSA) is 3.24 Å². The molecule has 0 aliphatic rings. The predicted molar refractivity (Wildman–Crippen MR) is 233 cm³/mol. The number of nitrogens with zero attached hydrogens (tertiary/aromatic N) is 1. The number of hydrogen-bond acceptors (Lipinski definition) is 2. The molecule has 10 rings (SSSR count). The molecule has 0 amide bonds. The van der Waals surface area contributed by atoms with Gasteiger partial charge < -0.3 is 4.90 Å². The lowest BCUT2D eigenvalue weighted by molar-refractivity contribution is 1.29. The molecule has 0 saturated heterocycles. The summed E-state index contributed by atoms with van der Waals surface area (Å²) in [6.45, 7) is 0. The van der Waals surface area contributed by atoms with Crippen LogP contribution in [0.1, 0.15) is 0 Å². The maximum atomic E-state index is 2.44. The zero-order valence-electron chi connectivity index (χ0n) is 29.6. The summed E-state index contributed by atoms with van der Waals surface area (Å²) >= 11 is 1.86. The lowest BCUT2D eigenvalue weighted by Crippen LogP contribution is -2.11. The molecule has 0 aliphatic carbocycles. The van der Waals surface area contributed by atoms with E-state index < -0.39 is 0 Å². The van der Waals surface area contributed by atoms with E-state index in [-0.39, 0.29) is 0 Å². The van der Waals surface area contributed by atoms with Gasteiger partial charge in [0.2, 0.25) is 0 Å². The first-order chi connectivity index (χ1) is 26.7. The fourth-order valence-corrected chi connectivity index (χ4v) is 8.84. The van der Waals surface area contributed by atoms with E-state index in [9.17, 15) is 0 Å². The van der Waals surface area contributed by atoms with Gasteiger partial charge in [0.05, 0.1) is 5.69 Å². The second kappa shape index (κ2) is 13.7. The maximum Gasteiger partial charge on any atom is 0.0546 e. The van der Waals surface area contributed by atoms with E-state index in [0.717, 1.165) is 17.1 Å². The summed E-state index contributed by atoms with van der Waals surface area (Å²) < 4.78 is 2.59. The first-order valence-electron chi connectivity index (χ1n) is 18.4. The molecule has 0 atom stereocenters. The third-order valence-electron chi connectivity index (χ3n) is 10.5. The van der Waals surface area contributed by atoms with Crippen LogP contribution in [0.25, 0.3) is 75.5 Å². The van der Waals surface area contributed by atoms with Crippen molar-refractivity contribution in [2.45, 2.75) is 0 Å². The Bertz CT molecular complexity index is 2910. The number of thiophene rings is 1. The van der Waals surface area contributed by atoms with Gasteiger partial charge in [-0.3, -0.25) is 0 Å². The van der Waals surface area contributed by atoms with Crippen molar-refractivity contribution in [2.24, 2.45) is 0 Å². The molecule has 0 spiro atoms. The second-order valence-electron chi connectivity index (χ2n) is 13.8. The van der Waals surface area contributed by atoms with Crippen LogP contribution in [0.2, 0.25) is 0 Å². The minimum Gasteiger partial charge on any atom is -0.310 e. The SMILES string of the molecule is c1ccc(-c2ccc(-c3ccc(N(c4ccc5c(c4)sc4ccccc45)c4cc(-c5ccc6ccccc6c5)ccc4-c4ccccc4)cc3)cc2)cc1. The number of hydrogen-bond donors (Lipinski definition) is 0. The van der Waals surface area contributed by atoms with Gasteiger partial charge in [0.15, 0.2) is 0 Å². The summed E-state index contributed by atoms with van der Waals surface area (Å²) in [7, 11) is 0. The molecule has 0 radical (unpaired) electrons. The molecule has 2 heteroatoms. The van der Waals surface area contributed by atoms with Crippen LogP contribution < -0.4 is 4.90 Å². The third kappa shape index (κ3) is 5.93. The van der Waals surface area contributed by atoms with Crippen LogP contribution in [0.15, 0.2) is 212 Å². The zero-order valence-corrected chi connectivity index (χ0v) is 30.4. The monoisotopic (exact) mass is 705 g/mol. The summed E-state index contributed by atoms with van der Waals surface area (Å²) in [5.41, 5.74) is 12.9. The summed E-state index contributed by atoms with van der Waals surface area (Å²) in [6.07, 6.45) is 0. The molecule has 1 nitrogen and oxygen atoms in total. The van der Waals surface area contributed by atoms with Crippen molar-refractivity contribution in [1.29, 1.82) is 0 Å². The van der Waals surface area contributed by atoms with Gasteiger partial charge in [0.25, 0.3) is 0 Å². The molecular weight excluding hydrogens is 671 g/mol. The molecule has 10 aromatic rings. The summed E-state index contributed by atoms with van der Waals surface area (Å²) in [6, 6.07) is 77.3. The summed E-state index contributed by atoms with van der Waals surface area (Å²) in [4.78, 5) is 2.44. The van der Waals surface area contributed by atoms with E-state index in [2.05, 4.69) is 217 Å². The number of anilines is 3. The molecule has 0 N–H and O–H groups in total. The Hall–Kier alpha value is -6.74. The Morgan fingerprint density at radius 2 is 0.815 bits per heavy atom. The largest absolute Gasteiger partial charge is 0.310 e. The molecule has 1 heterocycles. The van der Waals surface area contributed by atoms with Gasteiger partial charge in [-0.25, -0.2) is 0 Å². The molecule has 9 aromatic carbocycles. The van der Waals surface area contributed by atoms with Gasteiger partial charge in [-0.15, -0.1) is 11.3 Å². The standard InChI is InChI=1S/C52H35NS/c1-3-11-36(12-4-1)38-19-21-39(22-20-38)40-25-28-45(29-26-40)53(46-30-32-49-48-17-9-10-18-51(48)54-52(49)35-46)50-34-44(27-31-47(50)41-14-5-2-6-15-41)43-24-23-37-13-7-8-16-42(37)33-43/h1-35H. The van der Waals surface area contributed by atoms with Gasteiger partial charge in [-0.2, -0.15) is 0 Å². The Balaban J connectivity index is 1.14. The third-order valence-corrected chi connectivity index (χ3v) is 11.6. The predicted octanol–water partition coefficient (Wildman–Crippen LogP) is 15.3. The van der Waals surface area contributed by atoms with E-state index in [1.807, 2.05) is 11.3 Å². The van der Waals surface area contributed by atoms with Crippen LogP contribution >= 0.6 is 11.3 Å². The fraction of sp³-hybridized carbons (Fsp3) is 0. The molecule has 54 heavy (non-hydrogen) atoms. The van der Waals surface area contributed by atoms with E-state index in [0.29, 0.717) is 0 Å². The first kappa shape index (κ1) is 32.0. The average Bonchev–Trinajstić information content (AvgIpc) is 3.62. The summed E-state index contributed by atoms with van der Waals surface area (Å²) in [5.74, 6) is 0. The quantitative estimate of drug-likeness (QED) is 0.160. The molecular formula is C52H35NS. The maximum absolute atomic E-state index is 2.44. The van der Waals surface area contributed by atoms with E-state index in [4.69, 9.17) is 0 Å². The highest BCUT2D eigenvalue weighted by Crippen LogP contribution is 2.45. The van der Waals surface area contributed by atoms with Crippen LogP contribution in [0.3, 0.4) is 0 Å². The van der Waals surface area contributed by atoms with Crippen molar-refractivity contribution in [3.8, 4) is 44.5 Å². The molecule has 0 fully saturated rings. The van der Waals surface area contributed by atoms with Crippen molar-refractivity contribution in [3.05, 3.63) is 212 Å². The molecule has 0 saturated carbocycles.